The van der Waals surface area contributed by atoms with Gasteiger partial charge in [-0.3, -0.25) is 0 Å². The Kier molecular flexibility index (Phi) is 6.31. The zero-order chi connectivity index (χ0) is 12.7. The van der Waals surface area contributed by atoms with Gasteiger partial charge in [-0.05, 0) is 48.8 Å². The molecule has 0 bridgehead atoms. The molecule has 2 N–H and O–H groups in total. The fraction of sp³-hybridized carbons (Fsp3) is 0.636. The van der Waals surface area contributed by atoms with Gasteiger partial charge in [0.1, 0.15) is 9.53 Å². The van der Waals surface area contributed by atoms with Gasteiger partial charge in [0.25, 0.3) is 0 Å². The molecule has 0 unspecified atom stereocenters. The van der Waals surface area contributed by atoms with E-state index in [0.717, 1.165) is 41.8 Å². The van der Waals surface area contributed by atoms with Crippen molar-refractivity contribution in [2.24, 2.45) is 5.73 Å². The van der Waals surface area contributed by atoms with Crippen LogP contribution in [0.4, 0.5) is 4.79 Å². The van der Waals surface area contributed by atoms with Crippen molar-refractivity contribution in [3.05, 3.63) is 15.7 Å². The van der Waals surface area contributed by atoms with Crippen LogP contribution in [0.25, 0.3) is 0 Å². The highest BCUT2D eigenvalue weighted by Crippen LogP contribution is 2.08. The minimum atomic E-state index is -0.686. The Labute approximate surface area is 115 Å². The van der Waals surface area contributed by atoms with Crippen LogP contribution in [-0.4, -0.2) is 22.3 Å². The van der Waals surface area contributed by atoms with E-state index in [1.54, 1.807) is 0 Å². The molecule has 0 radical (unpaired) electrons. The molecule has 1 amide bonds. The standard InChI is InChI=1S/C11H18IN3O2/c1-9-14-10(12)8-15(9)6-4-2-3-5-7-17-11(13)16/h8H,2-7H2,1H3,(H2,13,16). The SMILES string of the molecule is Cc1nc(I)cn1CCCCCCOC(N)=O. The zero-order valence-corrected chi connectivity index (χ0v) is 12.1. The molecule has 1 aromatic rings. The molecule has 0 aromatic carbocycles. The monoisotopic (exact) mass is 351 g/mol. The topological polar surface area (TPSA) is 70.1 Å². The van der Waals surface area contributed by atoms with E-state index in [-0.39, 0.29) is 0 Å². The number of imidazole rings is 1. The van der Waals surface area contributed by atoms with Gasteiger partial charge in [0.05, 0.1) is 6.61 Å². The Bertz CT molecular complexity index is 366. The number of unbranched alkanes of at least 4 members (excludes halogenated alkanes) is 3. The summed E-state index contributed by atoms with van der Waals surface area (Å²) in [6.45, 7) is 3.44. The number of ether oxygens (including phenoxy) is 1. The second kappa shape index (κ2) is 7.52. The van der Waals surface area contributed by atoms with Gasteiger partial charge in [-0.1, -0.05) is 6.42 Å². The zero-order valence-electron chi connectivity index (χ0n) is 9.99. The molecule has 5 nitrogen and oxygen atoms in total. The Morgan fingerprint density at radius 3 is 2.76 bits per heavy atom. The highest BCUT2D eigenvalue weighted by Gasteiger charge is 2.00. The van der Waals surface area contributed by atoms with E-state index >= 15 is 0 Å². The van der Waals surface area contributed by atoms with Crippen LogP contribution >= 0.6 is 22.6 Å². The summed E-state index contributed by atoms with van der Waals surface area (Å²) >= 11 is 2.22. The van der Waals surface area contributed by atoms with Crippen LogP contribution < -0.4 is 5.73 Å². The van der Waals surface area contributed by atoms with Crippen molar-refractivity contribution >= 4 is 28.7 Å². The number of hydrogen-bond donors (Lipinski definition) is 1. The van der Waals surface area contributed by atoms with Gasteiger partial charge in [-0.15, -0.1) is 0 Å². The quantitative estimate of drug-likeness (QED) is 0.606. The van der Waals surface area contributed by atoms with Crippen molar-refractivity contribution in [1.29, 1.82) is 0 Å². The fourth-order valence-electron chi connectivity index (χ4n) is 1.61. The molecule has 0 aliphatic carbocycles. The summed E-state index contributed by atoms with van der Waals surface area (Å²) in [7, 11) is 0. The average Bonchev–Trinajstić information content (AvgIpc) is 2.55. The Balaban J connectivity index is 2.04. The van der Waals surface area contributed by atoms with Gasteiger partial charge in [-0.2, -0.15) is 0 Å². The molecule has 17 heavy (non-hydrogen) atoms. The van der Waals surface area contributed by atoms with Crippen molar-refractivity contribution in [2.75, 3.05) is 6.61 Å². The van der Waals surface area contributed by atoms with Crippen molar-refractivity contribution in [3.63, 3.8) is 0 Å². The summed E-state index contributed by atoms with van der Waals surface area (Å²) in [5.41, 5.74) is 4.86. The van der Waals surface area contributed by atoms with Crippen molar-refractivity contribution in [3.8, 4) is 0 Å². The van der Waals surface area contributed by atoms with E-state index in [9.17, 15) is 4.79 Å². The predicted octanol–water partition coefficient (Wildman–Crippen LogP) is 2.45. The van der Waals surface area contributed by atoms with Crippen LogP contribution in [0.2, 0.25) is 0 Å². The molecule has 6 heteroatoms. The van der Waals surface area contributed by atoms with Crippen LogP contribution in [0.1, 0.15) is 31.5 Å². The minimum absolute atomic E-state index is 0.428. The number of carbonyl (C=O) groups excluding carboxylic acids is 1. The maximum Gasteiger partial charge on any atom is 0.404 e. The van der Waals surface area contributed by atoms with Gasteiger partial charge in [0.2, 0.25) is 0 Å². The Hall–Kier alpha value is -0.790. The van der Waals surface area contributed by atoms with E-state index in [2.05, 4.69) is 43.1 Å². The average molecular weight is 351 g/mol. The molecule has 96 valence electrons. The lowest BCUT2D eigenvalue weighted by Crippen LogP contribution is -2.13. The summed E-state index contributed by atoms with van der Waals surface area (Å²) in [5.74, 6) is 1.06. The number of nitrogens with zero attached hydrogens (tertiary/aromatic N) is 2. The number of aromatic nitrogens is 2. The minimum Gasteiger partial charge on any atom is -0.450 e. The normalized spacial score (nSPS) is 10.5. The molecule has 0 spiro atoms. The molecule has 0 saturated heterocycles. The molecule has 0 aliphatic heterocycles. The molecule has 1 rings (SSSR count). The number of halogens is 1. The first-order valence-corrected chi connectivity index (χ1v) is 6.79. The van der Waals surface area contributed by atoms with Crippen molar-refractivity contribution in [1.82, 2.24) is 9.55 Å². The second-order valence-corrected chi connectivity index (χ2v) is 4.99. The third-order valence-corrected chi connectivity index (χ3v) is 3.00. The molecular formula is C11H18IN3O2. The van der Waals surface area contributed by atoms with Crippen LogP contribution in [0.5, 0.6) is 0 Å². The van der Waals surface area contributed by atoms with E-state index in [1.165, 1.54) is 0 Å². The largest absolute Gasteiger partial charge is 0.450 e. The highest BCUT2D eigenvalue weighted by molar-refractivity contribution is 14.1. The number of hydrogen-bond acceptors (Lipinski definition) is 3. The molecule has 1 heterocycles. The number of primary amides is 1. The maximum absolute atomic E-state index is 10.3. The van der Waals surface area contributed by atoms with E-state index in [0.29, 0.717) is 6.61 Å². The smallest absolute Gasteiger partial charge is 0.404 e. The van der Waals surface area contributed by atoms with Gasteiger partial charge in [0, 0.05) is 12.7 Å². The number of rotatable bonds is 7. The summed E-state index contributed by atoms with van der Waals surface area (Å²) in [5, 5.41) is 0. The maximum atomic E-state index is 10.3. The molecule has 0 atom stereocenters. The predicted molar refractivity (Wildman–Crippen MR) is 73.7 cm³/mol. The lowest BCUT2D eigenvalue weighted by atomic mass is 10.2. The van der Waals surface area contributed by atoms with Crippen LogP contribution in [0.3, 0.4) is 0 Å². The summed E-state index contributed by atoms with van der Waals surface area (Å²) in [6.07, 6.45) is 5.54. The lowest BCUT2D eigenvalue weighted by molar-refractivity contribution is 0.154. The first-order valence-electron chi connectivity index (χ1n) is 5.71. The fourth-order valence-corrected chi connectivity index (χ4v) is 2.29. The second-order valence-electron chi connectivity index (χ2n) is 3.89. The molecule has 0 saturated carbocycles. The van der Waals surface area contributed by atoms with Crippen molar-refractivity contribution in [2.45, 2.75) is 39.2 Å². The summed E-state index contributed by atoms with van der Waals surface area (Å²) < 4.78 is 7.86. The van der Waals surface area contributed by atoms with E-state index in [4.69, 9.17) is 5.73 Å². The van der Waals surface area contributed by atoms with Crippen molar-refractivity contribution < 1.29 is 9.53 Å². The van der Waals surface area contributed by atoms with Crippen LogP contribution in [0, 0.1) is 10.6 Å². The molecule has 0 fully saturated rings. The summed E-state index contributed by atoms with van der Waals surface area (Å²) in [6, 6.07) is 0. The Morgan fingerprint density at radius 1 is 1.47 bits per heavy atom. The number of amides is 1. The highest BCUT2D eigenvalue weighted by atomic mass is 127. The van der Waals surface area contributed by atoms with Crippen LogP contribution in [-0.2, 0) is 11.3 Å². The molecular weight excluding hydrogens is 333 g/mol. The number of carbonyl (C=O) groups is 1. The third kappa shape index (κ3) is 5.90. The van der Waals surface area contributed by atoms with Gasteiger partial charge in [-0.25, -0.2) is 9.78 Å². The first kappa shape index (κ1) is 14.3. The molecule has 1 aromatic heterocycles. The lowest BCUT2D eigenvalue weighted by Gasteiger charge is -2.04. The Morgan fingerprint density at radius 2 is 2.18 bits per heavy atom. The molecule has 0 aliphatic rings. The number of nitrogens with two attached hydrogens (primary N) is 1. The third-order valence-electron chi connectivity index (χ3n) is 2.48. The van der Waals surface area contributed by atoms with E-state index in [1.807, 2.05) is 6.92 Å². The van der Waals surface area contributed by atoms with Gasteiger partial charge >= 0.3 is 6.09 Å². The summed E-state index contributed by atoms with van der Waals surface area (Å²) in [4.78, 5) is 14.6. The first-order chi connectivity index (χ1) is 8.09. The number of aryl methyl sites for hydroxylation is 2. The van der Waals surface area contributed by atoms with Gasteiger partial charge < -0.3 is 15.0 Å². The van der Waals surface area contributed by atoms with E-state index < -0.39 is 6.09 Å². The van der Waals surface area contributed by atoms with Crippen LogP contribution in [0.15, 0.2) is 6.20 Å². The van der Waals surface area contributed by atoms with Gasteiger partial charge in [0.15, 0.2) is 0 Å².